The summed E-state index contributed by atoms with van der Waals surface area (Å²) in [5, 5.41) is 0. The maximum Gasteiger partial charge on any atom is 0.389 e. The highest BCUT2D eigenvalue weighted by Crippen LogP contribution is 2.22. The third-order valence-corrected chi connectivity index (χ3v) is 2.33. The minimum Gasteiger partial charge on any atom is -0.379 e. The molecule has 1 atom stereocenters. The second-order valence-corrected chi connectivity index (χ2v) is 3.78. The number of hydrogen-bond donors (Lipinski definition) is 0. The molecule has 0 radical (unpaired) electrons. The van der Waals surface area contributed by atoms with Crippen LogP contribution in [0.5, 0.6) is 0 Å². The molecule has 0 aliphatic carbocycles. The van der Waals surface area contributed by atoms with Gasteiger partial charge in [0.2, 0.25) is 0 Å². The van der Waals surface area contributed by atoms with Crippen LogP contribution in [0.1, 0.15) is 32.1 Å². The van der Waals surface area contributed by atoms with Crippen molar-refractivity contribution in [2.45, 2.75) is 44.4 Å². The molecule has 0 aromatic heterocycles. The van der Waals surface area contributed by atoms with Gasteiger partial charge >= 0.3 is 6.18 Å². The second kappa shape index (κ2) is 6.33. The molecule has 1 rings (SSSR count). The van der Waals surface area contributed by atoms with E-state index in [2.05, 4.69) is 0 Å². The number of unbranched alkanes of at least 4 members (excludes halogenated alkanes) is 1. The van der Waals surface area contributed by atoms with Gasteiger partial charge in [-0.3, -0.25) is 0 Å². The predicted octanol–water partition coefficient (Wildman–Crippen LogP) is 2.91. The second-order valence-electron chi connectivity index (χ2n) is 3.78. The van der Waals surface area contributed by atoms with E-state index in [-0.39, 0.29) is 12.5 Å². The van der Waals surface area contributed by atoms with E-state index < -0.39 is 12.6 Å². The molecule has 90 valence electrons. The molecule has 0 aromatic rings. The first kappa shape index (κ1) is 12.8. The fourth-order valence-corrected chi connectivity index (χ4v) is 1.52. The van der Waals surface area contributed by atoms with Crippen molar-refractivity contribution in [2.24, 2.45) is 0 Å². The van der Waals surface area contributed by atoms with Crippen molar-refractivity contribution >= 4 is 0 Å². The highest BCUT2D eigenvalue weighted by Gasteiger charge is 2.25. The van der Waals surface area contributed by atoms with Crippen molar-refractivity contribution in [3.8, 4) is 0 Å². The van der Waals surface area contributed by atoms with Gasteiger partial charge < -0.3 is 9.47 Å². The Morgan fingerprint density at radius 3 is 2.67 bits per heavy atom. The van der Waals surface area contributed by atoms with Gasteiger partial charge in [-0.1, -0.05) is 0 Å². The molecule has 1 saturated heterocycles. The van der Waals surface area contributed by atoms with Crippen LogP contribution in [0.3, 0.4) is 0 Å². The molecule has 0 N–H and O–H groups in total. The number of ether oxygens (including phenoxy) is 2. The van der Waals surface area contributed by atoms with Gasteiger partial charge in [0.05, 0.1) is 12.7 Å². The quantitative estimate of drug-likeness (QED) is 0.648. The molecule has 1 unspecified atom stereocenters. The first-order valence-corrected chi connectivity index (χ1v) is 5.34. The van der Waals surface area contributed by atoms with E-state index in [1.54, 1.807) is 0 Å². The van der Waals surface area contributed by atoms with Gasteiger partial charge in [0.25, 0.3) is 0 Å². The molecule has 0 saturated carbocycles. The van der Waals surface area contributed by atoms with Crippen molar-refractivity contribution in [1.29, 1.82) is 0 Å². The van der Waals surface area contributed by atoms with Gasteiger partial charge in [0.1, 0.15) is 0 Å². The fourth-order valence-electron chi connectivity index (χ4n) is 1.52. The highest BCUT2D eigenvalue weighted by atomic mass is 19.4. The van der Waals surface area contributed by atoms with E-state index in [1.165, 1.54) is 0 Å². The summed E-state index contributed by atoms with van der Waals surface area (Å²) in [5.74, 6) is 0. The van der Waals surface area contributed by atoms with Crippen LogP contribution in [0.4, 0.5) is 13.2 Å². The van der Waals surface area contributed by atoms with Crippen LogP contribution in [0, 0.1) is 0 Å². The van der Waals surface area contributed by atoms with Crippen LogP contribution in [0.15, 0.2) is 0 Å². The largest absolute Gasteiger partial charge is 0.389 e. The molecule has 1 aliphatic rings. The lowest BCUT2D eigenvalue weighted by Gasteiger charge is -2.10. The topological polar surface area (TPSA) is 18.5 Å². The molecule has 0 bridgehead atoms. The standard InChI is InChI=1S/C10H17F3O2/c11-10(12,13)5-1-2-6-14-8-9-4-3-7-15-9/h9H,1-8H2. The molecule has 15 heavy (non-hydrogen) atoms. The average Bonchev–Trinajstić information content (AvgIpc) is 2.61. The summed E-state index contributed by atoms with van der Waals surface area (Å²) in [5.41, 5.74) is 0. The Morgan fingerprint density at radius 1 is 1.27 bits per heavy atom. The van der Waals surface area contributed by atoms with Crippen molar-refractivity contribution in [1.82, 2.24) is 0 Å². The average molecular weight is 226 g/mol. The summed E-state index contributed by atoms with van der Waals surface area (Å²) < 4.78 is 45.8. The van der Waals surface area contributed by atoms with Crippen molar-refractivity contribution in [2.75, 3.05) is 19.8 Å². The Morgan fingerprint density at radius 2 is 2.07 bits per heavy atom. The summed E-state index contributed by atoms with van der Waals surface area (Å²) in [6.07, 6.45) is -1.91. The van der Waals surface area contributed by atoms with Crippen molar-refractivity contribution in [3.05, 3.63) is 0 Å². The molecular formula is C10H17F3O2. The van der Waals surface area contributed by atoms with E-state index in [0.717, 1.165) is 19.4 Å². The maximum absolute atomic E-state index is 11.7. The van der Waals surface area contributed by atoms with Crippen LogP contribution in [0.25, 0.3) is 0 Å². The first-order chi connectivity index (χ1) is 7.08. The van der Waals surface area contributed by atoms with Crippen LogP contribution >= 0.6 is 0 Å². The third kappa shape index (κ3) is 6.73. The number of halogens is 3. The lowest BCUT2D eigenvalue weighted by molar-refractivity contribution is -0.136. The third-order valence-electron chi connectivity index (χ3n) is 2.33. The molecule has 1 heterocycles. The monoisotopic (exact) mass is 226 g/mol. The molecule has 1 aliphatic heterocycles. The molecule has 5 heteroatoms. The van der Waals surface area contributed by atoms with E-state index in [0.29, 0.717) is 19.6 Å². The normalized spacial score (nSPS) is 22.2. The van der Waals surface area contributed by atoms with E-state index in [9.17, 15) is 13.2 Å². The van der Waals surface area contributed by atoms with Gasteiger partial charge in [0, 0.05) is 19.6 Å². The van der Waals surface area contributed by atoms with Crippen LogP contribution in [0.2, 0.25) is 0 Å². The molecule has 0 spiro atoms. The van der Waals surface area contributed by atoms with Gasteiger partial charge in [-0.05, 0) is 25.7 Å². The lowest BCUT2D eigenvalue weighted by Crippen LogP contribution is -2.14. The zero-order chi connectivity index (χ0) is 11.1. The van der Waals surface area contributed by atoms with Gasteiger partial charge in [-0.25, -0.2) is 0 Å². The van der Waals surface area contributed by atoms with Crippen LogP contribution < -0.4 is 0 Å². The minimum atomic E-state index is -4.03. The van der Waals surface area contributed by atoms with Gasteiger partial charge in [-0.15, -0.1) is 0 Å². The lowest BCUT2D eigenvalue weighted by atomic mass is 10.2. The highest BCUT2D eigenvalue weighted by molar-refractivity contribution is 4.63. The van der Waals surface area contributed by atoms with E-state index in [1.807, 2.05) is 0 Å². The van der Waals surface area contributed by atoms with Gasteiger partial charge in [0.15, 0.2) is 0 Å². The maximum atomic E-state index is 11.7. The minimum absolute atomic E-state index is 0.148. The Bertz CT molecular complexity index is 165. The van der Waals surface area contributed by atoms with Crippen LogP contribution in [-0.2, 0) is 9.47 Å². The molecule has 2 nitrogen and oxygen atoms in total. The summed E-state index contributed by atoms with van der Waals surface area (Å²) in [6, 6.07) is 0. The summed E-state index contributed by atoms with van der Waals surface area (Å²) in [7, 11) is 0. The van der Waals surface area contributed by atoms with E-state index in [4.69, 9.17) is 9.47 Å². The van der Waals surface area contributed by atoms with Crippen molar-refractivity contribution < 1.29 is 22.6 Å². The summed E-state index contributed by atoms with van der Waals surface area (Å²) in [4.78, 5) is 0. The number of rotatable bonds is 6. The predicted molar refractivity (Wildman–Crippen MR) is 49.7 cm³/mol. The Balaban J connectivity index is 1.84. The first-order valence-electron chi connectivity index (χ1n) is 5.34. The van der Waals surface area contributed by atoms with E-state index >= 15 is 0 Å². The molecular weight excluding hydrogens is 209 g/mol. The zero-order valence-corrected chi connectivity index (χ0v) is 8.68. The summed E-state index contributed by atoms with van der Waals surface area (Å²) >= 11 is 0. The SMILES string of the molecule is FC(F)(F)CCCCOCC1CCCO1. The Labute approximate surface area is 87.7 Å². The Hall–Kier alpha value is -0.290. The molecule has 0 aromatic carbocycles. The number of alkyl halides is 3. The zero-order valence-electron chi connectivity index (χ0n) is 8.68. The molecule has 1 fully saturated rings. The Kier molecular flexibility index (Phi) is 5.39. The fraction of sp³-hybridized carbons (Fsp3) is 1.00. The smallest absolute Gasteiger partial charge is 0.379 e. The van der Waals surface area contributed by atoms with Crippen molar-refractivity contribution in [3.63, 3.8) is 0 Å². The summed E-state index contributed by atoms with van der Waals surface area (Å²) in [6.45, 7) is 1.70. The number of hydrogen-bond acceptors (Lipinski definition) is 2. The van der Waals surface area contributed by atoms with Gasteiger partial charge in [-0.2, -0.15) is 13.2 Å². The van der Waals surface area contributed by atoms with Crippen LogP contribution in [-0.4, -0.2) is 32.1 Å². The molecule has 0 amide bonds.